The van der Waals surface area contributed by atoms with E-state index in [0.717, 1.165) is 16.5 Å². The lowest BCUT2D eigenvalue weighted by Gasteiger charge is -2.38. The standard InChI is InChI=1S/C22H21ClN2O3/c1-14-13-28-20(16-6-4-7-18(23)10-16)12-25(14)21(26)11-17-9-15-5-2-3-8-19(15)24-22(17)27/h2-10,14,20H,11-13H2,1H3,(H,24,27). The number of benzene rings is 2. The summed E-state index contributed by atoms with van der Waals surface area (Å²) in [6.45, 7) is 2.83. The minimum absolute atomic E-state index is 0.0533. The minimum Gasteiger partial charge on any atom is -0.370 e. The number of amides is 1. The zero-order valence-corrected chi connectivity index (χ0v) is 16.3. The molecule has 1 amide bonds. The molecule has 2 unspecified atom stereocenters. The Morgan fingerprint density at radius 2 is 2.04 bits per heavy atom. The Hall–Kier alpha value is -2.63. The molecule has 0 bridgehead atoms. The lowest BCUT2D eigenvalue weighted by atomic mass is 10.0. The molecule has 1 aliphatic heterocycles. The minimum atomic E-state index is -0.228. The number of aromatic nitrogens is 1. The van der Waals surface area contributed by atoms with Crippen LogP contribution in [0.25, 0.3) is 10.9 Å². The van der Waals surface area contributed by atoms with Gasteiger partial charge >= 0.3 is 0 Å². The molecular formula is C22H21ClN2O3. The molecule has 1 N–H and O–H groups in total. The quantitative estimate of drug-likeness (QED) is 0.734. The van der Waals surface area contributed by atoms with Crippen LogP contribution in [0.2, 0.25) is 5.02 Å². The van der Waals surface area contributed by atoms with E-state index in [4.69, 9.17) is 16.3 Å². The van der Waals surface area contributed by atoms with E-state index in [0.29, 0.717) is 23.7 Å². The molecule has 0 saturated carbocycles. The first-order chi connectivity index (χ1) is 13.5. The van der Waals surface area contributed by atoms with Gasteiger partial charge in [-0.3, -0.25) is 9.59 Å². The molecule has 3 aromatic rings. The number of fused-ring (bicyclic) bond motifs is 1. The fourth-order valence-corrected chi connectivity index (χ4v) is 3.80. The predicted molar refractivity (Wildman–Crippen MR) is 110 cm³/mol. The summed E-state index contributed by atoms with van der Waals surface area (Å²) in [5.74, 6) is -0.0800. The molecule has 4 rings (SSSR count). The van der Waals surface area contributed by atoms with Crippen LogP contribution in [-0.2, 0) is 16.0 Å². The second kappa shape index (κ2) is 7.78. The van der Waals surface area contributed by atoms with Gasteiger partial charge in [0, 0.05) is 16.1 Å². The number of carbonyl (C=O) groups excluding carboxylic acids is 1. The third-order valence-corrected chi connectivity index (χ3v) is 5.38. The molecule has 1 saturated heterocycles. The summed E-state index contributed by atoms with van der Waals surface area (Å²) in [7, 11) is 0. The van der Waals surface area contributed by atoms with Gasteiger partial charge in [0.2, 0.25) is 5.91 Å². The van der Waals surface area contributed by atoms with Crippen LogP contribution in [0, 0.1) is 0 Å². The van der Waals surface area contributed by atoms with Crippen molar-refractivity contribution in [3.8, 4) is 0 Å². The van der Waals surface area contributed by atoms with Crippen LogP contribution in [0.4, 0.5) is 0 Å². The first-order valence-electron chi connectivity index (χ1n) is 9.29. The predicted octanol–water partition coefficient (Wildman–Crippen LogP) is 3.71. The van der Waals surface area contributed by atoms with Crippen LogP contribution >= 0.6 is 11.6 Å². The van der Waals surface area contributed by atoms with Crippen molar-refractivity contribution in [2.24, 2.45) is 0 Å². The van der Waals surface area contributed by atoms with Crippen molar-refractivity contribution in [3.05, 3.63) is 81.1 Å². The number of rotatable bonds is 3. The van der Waals surface area contributed by atoms with Gasteiger partial charge in [0.15, 0.2) is 0 Å². The lowest BCUT2D eigenvalue weighted by molar-refractivity contribution is -0.143. The molecule has 6 heteroatoms. The molecule has 2 atom stereocenters. The van der Waals surface area contributed by atoms with E-state index in [2.05, 4.69) is 4.98 Å². The lowest BCUT2D eigenvalue weighted by Crippen LogP contribution is -2.49. The highest BCUT2D eigenvalue weighted by Crippen LogP contribution is 2.27. The number of H-pyrrole nitrogens is 1. The summed E-state index contributed by atoms with van der Waals surface area (Å²) in [5.41, 5.74) is 1.96. The average molecular weight is 397 g/mol. The molecular weight excluding hydrogens is 376 g/mol. The molecule has 2 aromatic carbocycles. The van der Waals surface area contributed by atoms with E-state index < -0.39 is 0 Å². The van der Waals surface area contributed by atoms with Crippen LogP contribution in [0.5, 0.6) is 0 Å². The number of nitrogens with zero attached hydrogens (tertiary/aromatic N) is 1. The van der Waals surface area contributed by atoms with Gasteiger partial charge in [-0.05, 0) is 42.1 Å². The normalized spacial score (nSPS) is 19.7. The first kappa shape index (κ1) is 18.7. The Morgan fingerprint density at radius 1 is 1.21 bits per heavy atom. The molecule has 144 valence electrons. The highest BCUT2D eigenvalue weighted by Gasteiger charge is 2.30. The molecule has 1 aliphatic rings. The number of nitrogens with one attached hydrogen (secondary N) is 1. The Labute approximate surface area is 167 Å². The smallest absolute Gasteiger partial charge is 0.252 e. The third-order valence-electron chi connectivity index (χ3n) is 5.15. The van der Waals surface area contributed by atoms with Crippen LogP contribution in [-0.4, -0.2) is 35.0 Å². The second-order valence-corrected chi connectivity index (χ2v) is 7.60. The Bertz CT molecular complexity index is 1080. The third kappa shape index (κ3) is 3.81. The van der Waals surface area contributed by atoms with Crippen LogP contribution in [0.15, 0.2) is 59.4 Å². The number of halogens is 1. The van der Waals surface area contributed by atoms with E-state index in [-0.39, 0.29) is 30.0 Å². The molecule has 0 aliphatic carbocycles. The van der Waals surface area contributed by atoms with Crippen molar-refractivity contribution < 1.29 is 9.53 Å². The summed E-state index contributed by atoms with van der Waals surface area (Å²) in [5, 5.41) is 1.55. The van der Waals surface area contributed by atoms with E-state index in [9.17, 15) is 9.59 Å². The second-order valence-electron chi connectivity index (χ2n) is 7.16. The molecule has 1 fully saturated rings. The maximum absolute atomic E-state index is 13.0. The van der Waals surface area contributed by atoms with Gasteiger partial charge in [-0.15, -0.1) is 0 Å². The number of morpholine rings is 1. The van der Waals surface area contributed by atoms with Crippen LogP contribution in [0.3, 0.4) is 0 Å². The number of aromatic amines is 1. The number of carbonyl (C=O) groups is 1. The van der Waals surface area contributed by atoms with Crippen molar-refractivity contribution in [1.29, 1.82) is 0 Å². The number of para-hydroxylation sites is 1. The monoisotopic (exact) mass is 396 g/mol. The highest BCUT2D eigenvalue weighted by molar-refractivity contribution is 6.30. The highest BCUT2D eigenvalue weighted by atomic mass is 35.5. The maximum atomic E-state index is 13.0. The Balaban J connectivity index is 1.55. The molecule has 2 heterocycles. The van der Waals surface area contributed by atoms with E-state index in [1.54, 1.807) is 11.0 Å². The van der Waals surface area contributed by atoms with Crippen molar-refractivity contribution in [2.75, 3.05) is 13.2 Å². The SMILES string of the molecule is CC1COC(c2cccc(Cl)c2)CN1C(=O)Cc1cc2ccccc2[nH]c1=O. The largest absolute Gasteiger partial charge is 0.370 e. The molecule has 1 aromatic heterocycles. The number of ether oxygens (including phenoxy) is 1. The van der Waals surface area contributed by atoms with Gasteiger partial charge in [0.25, 0.3) is 5.56 Å². The summed E-state index contributed by atoms with van der Waals surface area (Å²) < 4.78 is 5.92. The van der Waals surface area contributed by atoms with Gasteiger partial charge in [-0.1, -0.05) is 41.9 Å². The fourth-order valence-electron chi connectivity index (χ4n) is 3.60. The topological polar surface area (TPSA) is 62.4 Å². The molecule has 0 radical (unpaired) electrons. The number of pyridine rings is 1. The van der Waals surface area contributed by atoms with Crippen LogP contribution < -0.4 is 5.56 Å². The average Bonchev–Trinajstić information content (AvgIpc) is 2.69. The number of hydrogen-bond donors (Lipinski definition) is 1. The fraction of sp³-hybridized carbons (Fsp3) is 0.273. The number of hydrogen-bond acceptors (Lipinski definition) is 3. The van der Waals surface area contributed by atoms with Gasteiger partial charge < -0.3 is 14.6 Å². The maximum Gasteiger partial charge on any atom is 0.252 e. The first-order valence-corrected chi connectivity index (χ1v) is 9.66. The summed E-state index contributed by atoms with van der Waals surface area (Å²) in [6.07, 6.45) is -0.166. The Kier molecular flexibility index (Phi) is 5.20. The van der Waals surface area contributed by atoms with Crippen molar-refractivity contribution in [1.82, 2.24) is 9.88 Å². The molecule has 0 spiro atoms. The molecule has 28 heavy (non-hydrogen) atoms. The van der Waals surface area contributed by atoms with E-state index >= 15 is 0 Å². The van der Waals surface area contributed by atoms with E-state index in [1.165, 1.54) is 0 Å². The zero-order valence-electron chi connectivity index (χ0n) is 15.5. The Morgan fingerprint density at radius 3 is 2.86 bits per heavy atom. The summed E-state index contributed by atoms with van der Waals surface area (Å²) >= 11 is 6.09. The van der Waals surface area contributed by atoms with Gasteiger partial charge in [-0.2, -0.15) is 0 Å². The van der Waals surface area contributed by atoms with Crippen LogP contribution in [0.1, 0.15) is 24.2 Å². The summed E-state index contributed by atoms with van der Waals surface area (Å²) in [6, 6.07) is 16.8. The van der Waals surface area contributed by atoms with Gasteiger partial charge in [-0.25, -0.2) is 0 Å². The zero-order chi connectivity index (χ0) is 19.7. The molecule has 5 nitrogen and oxygen atoms in total. The van der Waals surface area contributed by atoms with Gasteiger partial charge in [0.05, 0.1) is 25.6 Å². The summed E-state index contributed by atoms with van der Waals surface area (Å²) in [4.78, 5) is 30.0. The van der Waals surface area contributed by atoms with Gasteiger partial charge in [0.1, 0.15) is 6.10 Å². The van der Waals surface area contributed by atoms with Crippen molar-refractivity contribution >= 4 is 28.4 Å². The van der Waals surface area contributed by atoms with Crippen molar-refractivity contribution in [3.63, 3.8) is 0 Å². The van der Waals surface area contributed by atoms with Crippen molar-refractivity contribution in [2.45, 2.75) is 25.5 Å². The van der Waals surface area contributed by atoms with E-state index in [1.807, 2.05) is 55.5 Å².